The Bertz CT molecular complexity index is 510. The topological polar surface area (TPSA) is 90.4 Å². The van der Waals surface area contributed by atoms with Gasteiger partial charge in [0.05, 0.1) is 22.7 Å². The van der Waals surface area contributed by atoms with Crippen molar-refractivity contribution in [2.24, 2.45) is 0 Å². The monoisotopic (exact) mass is 247 g/mol. The molecule has 1 fully saturated rings. The zero-order valence-corrected chi connectivity index (χ0v) is 9.74. The fourth-order valence-electron chi connectivity index (χ4n) is 2.17. The van der Waals surface area contributed by atoms with Crippen LogP contribution in [0.25, 0.3) is 0 Å². The number of anilines is 1. The number of nitrogens with zero attached hydrogens (tertiary/aromatic N) is 3. The quantitative estimate of drug-likeness (QED) is 0.630. The third-order valence-corrected chi connectivity index (χ3v) is 3.04. The lowest BCUT2D eigenvalue weighted by atomic mass is 10.1. The molecular formula is C12H13N3O3. The van der Waals surface area contributed by atoms with Gasteiger partial charge in [-0.1, -0.05) is 0 Å². The minimum Gasteiger partial charge on any atom is -0.391 e. The highest BCUT2D eigenvalue weighted by Crippen LogP contribution is 2.31. The van der Waals surface area contributed by atoms with Crippen molar-refractivity contribution < 1.29 is 10.0 Å². The molecule has 0 radical (unpaired) electrons. The summed E-state index contributed by atoms with van der Waals surface area (Å²) in [4.78, 5) is 12.3. The maximum Gasteiger partial charge on any atom is 0.292 e. The van der Waals surface area contributed by atoms with E-state index >= 15 is 0 Å². The van der Waals surface area contributed by atoms with Crippen LogP contribution in [-0.2, 0) is 0 Å². The summed E-state index contributed by atoms with van der Waals surface area (Å²) in [6.45, 7) is 1.03. The van der Waals surface area contributed by atoms with E-state index in [2.05, 4.69) is 0 Å². The van der Waals surface area contributed by atoms with Crippen LogP contribution in [-0.4, -0.2) is 29.2 Å². The molecule has 6 nitrogen and oxygen atoms in total. The second kappa shape index (κ2) is 5.02. The highest BCUT2D eigenvalue weighted by molar-refractivity contribution is 5.66. The van der Waals surface area contributed by atoms with E-state index < -0.39 is 11.0 Å². The Kier molecular flexibility index (Phi) is 3.44. The van der Waals surface area contributed by atoms with E-state index in [0.717, 1.165) is 6.42 Å². The fourth-order valence-corrected chi connectivity index (χ4v) is 2.17. The Balaban J connectivity index is 2.40. The van der Waals surface area contributed by atoms with Gasteiger partial charge in [-0.15, -0.1) is 0 Å². The Morgan fingerprint density at radius 2 is 2.33 bits per heavy atom. The zero-order chi connectivity index (χ0) is 13.1. The summed E-state index contributed by atoms with van der Waals surface area (Å²) in [7, 11) is 0. The first kappa shape index (κ1) is 12.3. The van der Waals surface area contributed by atoms with Crippen LogP contribution < -0.4 is 4.90 Å². The van der Waals surface area contributed by atoms with Crippen LogP contribution in [0.5, 0.6) is 0 Å². The first-order valence-corrected chi connectivity index (χ1v) is 5.73. The summed E-state index contributed by atoms with van der Waals surface area (Å²) in [6, 6.07) is 6.26. The number of rotatable bonds is 2. The van der Waals surface area contributed by atoms with Crippen LogP contribution >= 0.6 is 0 Å². The molecule has 2 rings (SSSR count). The second-order valence-electron chi connectivity index (χ2n) is 4.31. The Hall–Kier alpha value is -2.13. The van der Waals surface area contributed by atoms with Gasteiger partial charge >= 0.3 is 0 Å². The number of aliphatic hydroxyl groups excluding tert-OH is 1. The van der Waals surface area contributed by atoms with Crippen molar-refractivity contribution >= 4 is 11.4 Å². The molecule has 1 N–H and O–H groups in total. The van der Waals surface area contributed by atoms with Gasteiger partial charge in [-0.05, 0) is 25.0 Å². The third kappa shape index (κ3) is 2.41. The van der Waals surface area contributed by atoms with E-state index in [1.807, 2.05) is 6.07 Å². The van der Waals surface area contributed by atoms with Crippen LogP contribution in [0.2, 0.25) is 0 Å². The average molecular weight is 247 g/mol. The number of β-amino-alcohol motifs (C(OH)–C–C–N with tert-alkyl or cyclic N) is 1. The van der Waals surface area contributed by atoms with E-state index in [-0.39, 0.29) is 5.69 Å². The summed E-state index contributed by atoms with van der Waals surface area (Å²) in [6.07, 6.45) is 1.03. The van der Waals surface area contributed by atoms with Gasteiger partial charge in [0.2, 0.25) is 0 Å². The molecule has 0 saturated carbocycles. The highest BCUT2D eigenvalue weighted by Gasteiger charge is 2.24. The SMILES string of the molecule is N#Cc1ccc([N+](=O)[O-])c(N2CCC[C@H](O)C2)c1. The lowest BCUT2D eigenvalue weighted by Crippen LogP contribution is -2.38. The van der Waals surface area contributed by atoms with E-state index in [4.69, 9.17) is 5.26 Å². The van der Waals surface area contributed by atoms with Crippen LogP contribution in [0.15, 0.2) is 18.2 Å². The molecule has 0 unspecified atom stereocenters. The first-order valence-electron chi connectivity index (χ1n) is 5.73. The lowest BCUT2D eigenvalue weighted by Gasteiger charge is -2.31. The van der Waals surface area contributed by atoms with E-state index in [9.17, 15) is 15.2 Å². The van der Waals surface area contributed by atoms with Crippen molar-refractivity contribution in [3.8, 4) is 6.07 Å². The number of piperidine rings is 1. The molecule has 1 heterocycles. The van der Waals surface area contributed by atoms with Crippen molar-refractivity contribution in [1.29, 1.82) is 5.26 Å². The van der Waals surface area contributed by atoms with Crippen LogP contribution in [0.1, 0.15) is 18.4 Å². The van der Waals surface area contributed by atoms with E-state index in [1.165, 1.54) is 18.2 Å². The van der Waals surface area contributed by atoms with Gasteiger partial charge in [0.25, 0.3) is 5.69 Å². The number of benzene rings is 1. The normalized spacial score (nSPS) is 19.3. The van der Waals surface area contributed by atoms with Crippen molar-refractivity contribution in [2.75, 3.05) is 18.0 Å². The first-order chi connectivity index (χ1) is 8.61. The van der Waals surface area contributed by atoms with Crippen molar-refractivity contribution in [1.82, 2.24) is 0 Å². The molecule has 94 valence electrons. The number of nitro groups is 1. The van der Waals surface area contributed by atoms with Gasteiger partial charge in [0, 0.05) is 19.2 Å². The van der Waals surface area contributed by atoms with Gasteiger partial charge < -0.3 is 10.0 Å². The molecule has 1 aliphatic rings. The highest BCUT2D eigenvalue weighted by atomic mass is 16.6. The van der Waals surface area contributed by atoms with Crippen LogP contribution in [0, 0.1) is 21.4 Å². The molecule has 1 atom stereocenters. The van der Waals surface area contributed by atoms with Gasteiger partial charge in [-0.25, -0.2) is 0 Å². The maximum atomic E-state index is 11.0. The van der Waals surface area contributed by atoms with Gasteiger partial charge in [-0.2, -0.15) is 5.26 Å². The Labute approximate surface area is 104 Å². The molecule has 1 aliphatic heterocycles. The lowest BCUT2D eigenvalue weighted by molar-refractivity contribution is -0.384. The largest absolute Gasteiger partial charge is 0.391 e. The number of aliphatic hydroxyl groups is 1. The van der Waals surface area contributed by atoms with Crippen LogP contribution in [0.3, 0.4) is 0 Å². The van der Waals surface area contributed by atoms with Crippen molar-refractivity contribution in [3.05, 3.63) is 33.9 Å². The van der Waals surface area contributed by atoms with Crippen molar-refractivity contribution in [3.63, 3.8) is 0 Å². The second-order valence-corrected chi connectivity index (χ2v) is 4.31. The van der Waals surface area contributed by atoms with E-state index in [1.54, 1.807) is 4.90 Å². The molecule has 0 bridgehead atoms. The summed E-state index contributed by atoms with van der Waals surface area (Å²) in [5.74, 6) is 0. The predicted molar refractivity (Wildman–Crippen MR) is 65.3 cm³/mol. The zero-order valence-electron chi connectivity index (χ0n) is 9.74. The number of nitro benzene ring substituents is 1. The Morgan fingerprint density at radius 3 is 2.94 bits per heavy atom. The number of hydrogen-bond acceptors (Lipinski definition) is 5. The maximum absolute atomic E-state index is 11.0. The van der Waals surface area contributed by atoms with E-state index in [0.29, 0.717) is 30.8 Å². The number of hydrogen-bond donors (Lipinski definition) is 1. The minimum absolute atomic E-state index is 0.0249. The van der Waals surface area contributed by atoms with Gasteiger partial charge in [-0.3, -0.25) is 10.1 Å². The molecule has 1 aromatic rings. The van der Waals surface area contributed by atoms with Crippen molar-refractivity contribution in [2.45, 2.75) is 18.9 Å². The molecule has 0 amide bonds. The van der Waals surface area contributed by atoms with Gasteiger partial charge in [0.15, 0.2) is 0 Å². The molecule has 6 heteroatoms. The predicted octanol–water partition coefficient (Wildman–Crippen LogP) is 1.43. The number of nitriles is 1. The standard InChI is InChI=1S/C12H13N3O3/c13-7-9-3-4-11(15(17)18)12(6-9)14-5-1-2-10(16)8-14/h3-4,6,10,16H,1-2,5,8H2/t10-/m0/s1. The third-order valence-electron chi connectivity index (χ3n) is 3.04. The molecular weight excluding hydrogens is 234 g/mol. The molecule has 1 aromatic carbocycles. The molecule has 1 saturated heterocycles. The summed E-state index contributed by atoms with van der Waals surface area (Å²) >= 11 is 0. The smallest absolute Gasteiger partial charge is 0.292 e. The minimum atomic E-state index is -0.468. The summed E-state index contributed by atoms with van der Waals surface area (Å²) in [5, 5.41) is 29.5. The fraction of sp³-hybridized carbons (Fsp3) is 0.417. The van der Waals surface area contributed by atoms with Gasteiger partial charge in [0.1, 0.15) is 5.69 Å². The molecule has 0 aromatic heterocycles. The Morgan fingerprint density at radius 1 is 1.56 bits per heavy atom. The molecule has 18 heavy (non-hydrogen) atoms. The summed E-state index contributed by atoms with van der Waals surface area (Å²) < 4.78 is 0. The summed E-state index contributed by atoms with van der Waals surface area (Å²) in [5.41, 5.74) is 0.775. The molecule has 0 aliphatic carbocycles. The molecule has 0 spiro atoms. The average Bonchev–Trinajstić information content (AvgIpc) is 2.38. The van der Waals surface area contributed by atoms with Crippen LogP contribution in [0.4, 0.5) is 11.4 Å².